The maximum atomic E-state index is 13.1. The lowest BCUT2D eigenvalue weighted by molar-refractivity contribution is -0.166. The molecule has 8 heteroatoms. The summed E-state index contributed by atoms with van der Waals surface area (Å²) in [6, 6.07) is 2.13. The number of aliphatic carboxylic acids is 2. The van der Waals surface area contributed by atoms with Gasteiger partial charge < -0.3 is 10.2 Å². The van der Waals surface area contributed by atoms with E-state index in [-0.39, 0.29) is 6.07 Å². The standard InChI is InChI=1S/C10H6F4O4/c11-9(12,7(15)16)5-2-1-3-6(4-5)10(13,14)8(17)18/h1-4H,(H,15,16)(H,17,18). The number of alkyl halides is 4. The highest BCUT2D eigenvalue weighted by molar-refractivity contribution is 5.79. The number of carbonyl (C=O) groups is 2. The van der Waals surface area contributed by atoms with E-state index < -0.39 is 34.9 Å². The van der Waals surface area contributed by atoms with Crippen LogP contribution >= 0.6 is 0 Å². The predicted octanol–water partition coefficient (Wildman–Crippen LogP) is 2.04. The molecule has 4 nitrogen and oxygen atoms in total. The average molecular weight is 266 g/mol. The van der Waals surface area contributed by atoms with Crippen LogP contribution in [0.4, 0.5) is 17.6 Å². The van der Waals surface area contributed by atoms with Crippen molar-refractivity contribution in [3.63, 3.8) is 0 Å². The van der Waals surface area contributed by atoms with E-state index in [1.165, 1.54) is 0 Å². The Hall–Kier alpha value is -2.12. The first-order valence-corrected chi connectivity index (χ1v) is 4.43. The third kappa shape index (κ3) is 2.27. The van der Waals surface area contributed by atoms with E-state index in [4.69, 9.17) is 10.2 Å². The Labute approximate surface area is 97.5 Å². The van der Waals surface area contributed by atoms with Gasteiger partial charge in [0.15, 0.2) is 0 Å². The van der Waals surface area contributed by atoms with Crippen molar-refractivity contribution in [1.82, 2.24) is 0 Å². The summed E-state index contributed by atoms with van der Waals surface area (Å²) >= 11 is 0. The molecule has 18 heavy (non-hydrogen) atoms. The zero-order valence-corrected chi connectivity index (χ0v) is 8.53. The molecule has 1 aromatic carbocycles. The van der Waals surface area contributed by atoms with Gasteiger partial charge >= 0.3 is 23.8 Å². The SMILES string of the molecule is O=C(O)C(F)(F)c1cccc(C(F)(F)C(=O)O)c1. The number of benzene rings is 1. The lowest BCUT2D eigenvalue weighted by Crippen LogP contribution is -2.28. The summed E-state index contributed by atoms with van der Waals surface area (Å²) in [6.07, 6.45) is 0. The fraction of sp³-hybridized carbons (Fsp3) is 0.200. The smallest absolute Gasteiger partial charge is 0.379 e. The average Bonchev–Trinajstić information content (AvgIpc) is 2.28. The summed E-state index contributed by atoms with van der Waals surface area (Å²) in [4.78, 5) is 20.5. The first-order valence-electron chi connectivity index (χ1n) is 4.43. The molecular formula is C10H6F4O4. The fourth-order valence-electron chi connectivity index (χ4n) is 1.16. The van der Waals surface area contributed by atoms with Crippen molar-refractivity contribution in [3.8, 4) is 0 Å². The zero-order valence-electron chi connectivity index (χ0n) is 8.53. The molecule has 0 aliphatic carbocycles. The first-order chi connectivity index (χ1) is 8.10. The molecule has 0 spiro atoms. The van der Waals surface area contributed by atoms with Crippen LogP contribution in [-0.4, -0.2) is 22.2 Å². The molecule has 0 aromatic heterocycles. The highest BCUT2D eigenvalue weighted by atomic mass is 19.3. The van der Waals surface area contributed by atoms with Crippen LogP contribution in [0.15, 0.2) is 24.3 Å². The summed E-state index contributed by atoms with van der Waals surface area (Å²) in [7, 11) is 0. The summed E-state index contributed by atoms with van der Waals surface area (Å²) < 4.78 is 52.2. The number of rotatable bonds is 4. The van der Waals surface area contributed by atoms with E-state index >= 15 is 0 Å². The molecule has 0 amide bonds. The van der Waals surface area contributed by atoms with E-state index in [0.717, 1.165) is 6.07 Å². The monoisotopic (exact) mass is 266 g/mol. The van der Waals surface area contributed by atoms with Gasteiger partial charge in [-0.25, -0.2) is 9.59 Å². The Morgan fingerprint density at radius 2 is 1.22 bits per heavy atom. The van der Waals surface area contributed by atoms with Gasteiger partial charge in [0, 0.05) is 11.1 Å². The van der Waals surface area contributed by atoms with Crippen molar-refractivity contribution < 1.29 is 37.4 Å². The number of halogens is 4. The lowest BCUT2D eigenvalue weighted by Gasteiger charge is -2.15. The minimum Gasteiger partial charge on any atom is -0.477 e. The molecule has 1 aromatic rings. The van der Waals surface area contributed by atoms with E-state index in [1.54, 1.807) is 0 Å². The van der Waals surface area contributed by atoms with E-state index in [1.807, 2.05) is 0 Å². The molecule has 2 N–H and O–H groups in total. The second-order valence-corrected chi connectivity index (χ2v) is 3.34. The van der Waals surface area contributed by atoms with Crippen LogP contribution in [0.5, 0.6) is 0 Å². The zero-order chi connectivity index (χ0) is 14.1. The molecule has 0 saturated heterocycles. The van der Waals surface area contributed by atoms with Crippen molar-refractivity contribution in [2.24, 2.45) is 0 Å². The minimum absolute atomic E-state index is 0.155. The predicted molar refractivity (Wildman–Crippen MR) is 49.5 cm³/mol. The molecule has 0 heterocycles. The summed E-state index contributed by atoms with van der Waals surface area (Å²) in [5.74, 6) is -13.8. The number of hydrogen-bond donors (Lipinski definition) is 2. The van der Waals surface area contributed by atoms with Gasteiger partial charge in [0.1, 0.15) is 0 Å². The molecule has 0 radical (unpaired) electrons. The Morgan fingerprint density at radius 3 is 1.50 bits per heavy atom. The van der Waals surface area contributed by atoms with Crippen molar-refractivity contribution >= 4 is 11.9 Å². The summed E-state index contributed by atoms with van der Waals surface area (Å²) in [5.41, 5.74) is -2.43. The molecule has 0 saturated carbocycles. The van der Waals surface area contributed by atoms with Crippen LogP contribution in [0.1, 0.15) is 11.1 Å². The minimum atomic E-state index is -4.37. The van der Waals surface area contributed by atoms with Crippen LogP contribution in [0.25, 0.3) is 0 Å². The van der Waals surface area contributed by atoms with Crippen LogP contribution in [-0.2, 0) is 21.4 Å². The second kappa shape index (κ2) is 4.28. The number of carboxylic acids is 2. The van der Waals surface area contributed by atoms with Gasteiger partial charge in [-0.2, -0.15) is 17.6 Å². The molecular weight excluding hydrogens is 260 g/mol. The van der Waals surface area contributed by atoms with Crippen molar-refractivity contribution in [3.05, 3.63) is 35.4 Å². The van der Waals surface area contributed by atoms with Gasteiger partial charge in [-0.1, -0.05) is 18.2 Å². The molecule has 0 fully saturated rings. The van der Waals surface area contributed by atoms with Gasteiger partial charge in [-0.3, -0.25) is 0 Å². The third-order valence-corrected chi connectivity index (χ3v) is 2.12. The Morgan fingerprint density at radius 1 is 0.889 bits per heavy atom. The van der Waals surface area contributed by atoms with Gasteiger partial charge in [0.05, 0.1) is 0 Å². The Bertz CT molecular complexity index is 457. The maximum Gasteiger partial charge on any atom is 0.379 e. The maximum absolute atomic E-state index is 13.1. The lowest BCUT2D eigenvalue weighted by atomic mass is 10.0. The molecule has 0 bridgehead atoms. The molecule has 98 valence electrons. The van der Waals surface area contributed by atoms with E-state index in [0.29, 0.717) is 12.1 Å². The van der Waals surface area contributed by atoms with Crippen molar-refractivity contribution in [1.29, 1.82) is 0 Å². The topological polar surface area (TPSA) is 74.6 Å². The van der Waals surface area contributed by atoms with Crippen molar-refractivity contribution in [2.75, 3.05) is 0 Å². The highest BCUT2D eigenvalue weighted by Crippen LogP contribution is 2.34. The molecule has 0 atom stereocenters. The van der Waals surface area contributed by atoms with Gasteiger partial charge in [-0.15, -0.1) is 0 Å². The van der Waals surface area contributed by atoms with Crippen LogP contribution in [0, 0.1) is 0 Å². The van der Waals surface area contributed by atoms with E-state index in [9.17, 15) is 27.2 Å². The second-order valence-electron chi connectivity index (χ2n) is 3.34. The van der Waals surface area contributed by atoms with E-state index in [2.05, 4.69) is 0 Å². The molecule has 0 aliphatic rings. The molecule has 0 unspecified atom stereocenters. The number of carboxylic acid groups (broad SMARTS) is 2. The normalized spacial score (nSPS) is 12.2. The van der Waals surface area contributed by atoms with Crippen molar-refractivity contribution in [2.45, 2.75) is 11.8 Å². The Balaban J connectivity index is 3.31. The van der Waals surface area contributed by atoms with Crippen LogP contribution < -0.4 is 0 Å². The quantitative estimate of drug-likeness (QED) is 0.818. The summed E-state index contributed by atoms with van der Waals surface area (Å²) in [6.45, 7) is 0. The van der Waals surface area contributed by atoms with Crippen LogP contribution in [0.2, 0.25) is 0 Å². The largest absolute Gasteiger partial charge is 0.477 e. The highest BCUT2D eigenvalue weighted by Gasteiger charge is 2.45. The Kier molecular flexibility index (Phi) is 3.32. The molecule has 0 aliphatic heterocycles. The third-order valence-electron chi connectivity index (χ3n) is 2.12. The number of hydrogen-bond acceptors (Lipinski definition) is 2. The molecule has 1 rings (SSSR count). The van der Waals surface area contributed by atoms with Gasteiger partial charge in [0.2, 0.25) is 0 Å². The first kappa shape index (κ1) is 13.9. The summed E-state index contributed by atoms with van der Waals surface area (Å²) in [5, 5.41) is 16.5. The van der Waals surface area contributed by atoms with Gasteiger partial charge in [-0.05, 0) is 6.07 Å². The van der Waals surface area contributed by atoms with Crippen LogP contribution in [0.3, 0.4) is 0 Å². The fourth-order valence-corrected chi connectivity index (χ4v) is 1.16. The van der Waals surface area contributed by atoms with Gasteiger partial charge in [0.25, 0.3) is 0 Å².